The number of aryl methyl sites for hydroxylation is 2. The van der Waals surface area contributed by atoms with Crippen molar-refractivity contribution in [3.05, 3.63) is 57.8 Å². The number of aliphatic hydroxyl groups excluding tert-OH is 1. The van der Waals surface area contributed by atoms with E-state index in [1.807, 2.05) is 6.07 Å². The Bertz CT molecular complexity index is 448. The molecule has 0 amide bonds. The van der Waals surface area contributed by atoms with Crippen LogP contribution in [-0.4, -0.2) is 11.7 Å². The molecule has 1 N–H and O–H groups in total. The Hall–Kier alpha value is -1.12. The Labute approximate surface area is 107 Å². The first-order valence-electron chi connectivity index (χ1n) is 5.98. The zero-order valence-electron chi connectivity index (χ0n) is 10.1. The lowest BCUT2D eigenvalue weighted by molar-refractivity contribution is 0.259. The summed E-state index contributed by atoms with van der Waals surface area (Å²) in [5.74, 6) is 0.260. The van der Waals surface area contributed by atoms with Crippen LogP contribution < -0.4 is 0 Å². The van der Waals surface area contributed by atoms with Gasteiger partial charge in [0.1, 0.15) is 0 Å². The molecule has 0 aliphatic carbocycles. The molecule has 0 bridgehead atoms. The van der Waals surface area contributed by atoms with Crippen molar-refractivity contribution >= 4 is 11.3 Å². The van der Waals surface area contributed by atoms with Crippen molar-refractivity contribution in [1.82, 2.24) is 0 Å². The molecule has 90 valence electrons. The molecule has 0 aliphatic rings. The zero-order chi connectivity index (χ0) is 12.1. The van der Waals surface area contributed by atoms with E-state index >= 15 is 0 Å². The molecule has 0 aliphatic heterocycles. The highest BCUT2D eigenvalue weighted by atomic mass is 32.1. The topological polar surface area (TPSA) is 20.2 Å². The van der Waals surface area contributed by atoms with Gasteiger partial charge in [-0.25, -0.2) is 0 Å². The standard InChI is InChI=1S/C15H18OS/c1-12-4-2-3-5-15(12)14(10-16)7-6-13-8-9-17-11-13/h2-5,8-9,11,14,16H,6-7,10H2,1H3. The molecule has 1 atom stereocenters. The lowest BCUT2D eigenvalue weighted by atomic mass is 9.90. The molecule has 0 fully saturated rings. The van der Waals surface area contributed by atoms with Crippen LogP contribution in [0.25, 0.3) is 0 Å². The lowest BCUT2D eigenvalue weighted by Gasteiger charge is -2.16. The molecular formula is C15H18OS. The van der Waals surface area contributed by atoms with E-state index < -0.39 is 0 Å². The molecule has 1 heterocycles. The van der Waals surface area contributed by atoms with Crippen molar-refractivity contribution in [2.75, 3.05) is 6.61 Å². The summed E-state index contributed by atoms with van der Waals surface area (Å²) in [6.07, 6.45) is 2.06. The highest BCUT2D eigenvalue weighted by Crippen LogP contribution is 2.24. The molecule has 1 nitrogen and oxygen atoms in total. The third-order valence-electron chi connectivity index (χ3n) is 3.21. The summed E-state index contributed by atoms with van der Waals surface area (Å²) in [5, 5.41) is 13.8. The molecule has 2 heteroatoms. The monoisotopic (exact) mass is 246 g/mol. The number of aliphatic hydroxyl groups is 1. The van der Waals surface area contributed by atoms with Crippen LogP contribution in [0.1, 0.15) is 29.0 Å². The van der Waals surface area contributed by atoms with Crippen LogP contribution >= 0.6 is 11.3 Å². The number of rotatable bonds is 5. The van der Waals surface area contributed by atoms with Crippen molar-refractivity contribution < 1.29 is 5.11 Å². The van der Waals surface area contributed by atoms with Crippen LogP contribution in [0.2, 0.25) is 0 Å². The van der Waals surface area contributed by atoms with Gasteiger partial charge < -0.3 is 5.11 Å². The highest BCUT2D eigenvalue weighted by molar-refractivity contribution is 7.07. The summed E-state index contributed by atoms with van der Waals surface area (Å²) in [6, 6.07) is 10.5. The average Bonchev–Trinajstić information content (AvgIpc) is 2.85. The Morgan fingerprint density at radius 3 is 2.71 bits per heavy atom. The summed E-state index contributed by atoms with van der Waals surface area (Å²) >= 11 is 1.74. The molecule has 0 saturated heterocycles. The van der Waals surface area contributed by atoms with Crippen LogP contribution in [0.4, 0.5) is 0 Å². The minimum atomic E-state index is 0.231. The second kappa shape index (κ2) is 5.99. The Morgan fingerprint density at radius 2 is 2.06 bits per heavy atom. The number of thiophene rings is 1. The van der Waals surface area contributed by atoms with E-state index in [0.717, 1.165) is 12.8 Å². The van der Waals surface area contributed by atoms with Gasteiger partial charge in [0.25, 0.3) is 0 Å². The van der Waals surface area contributed by atoms with Gasteiger partial charge >= 0.3 is 0 Å². The van der Waals surface area contributed by atoms with Gasteiger partial charge in [-0.15, -0.1) is 0 Å². The minimum Gasteiger partial charge on any atom is -0.396 e. The van der Waals surface area contributed by atoms with E-state index in [0.29, 0.717) is 0 Å². The molecule has 1 aromatic carbocycles. The Balaban J connectivity index is 2.04. The summed E-state index contributed by atoms with van der Waals surface area (Å²) in [7, 11) is 0. The summed E-state index contributed by atoms with van der Waals surface area (Å²) < 4.78 is 0. The maximum Gasteiger partial charge on any atom is 0.0499 e. The molecule has 2 rings (SSSR count). The zero-order valence-corrected chi connectivity index (χ0v) is 10.9. The number of benzene rings is 1. The van der Waals surface area contributed by atoms with E-state index in [1.54, 1.807) is 11.3 Å². The number of hydrogen-bond donors (Lipinski definition) is 1. The van der Waals surface area contributed by atoms with Gasteiger partial charge in [-0.2, -0.15) is 11.3 Å². The van der Waals surface area contributed by atoms with Gasteiger partial charge in [0.15, 0.2) is 0 Å². The maximum absolute atomic E-state index is 9.54. The predicted octanol–water partition coefficient (Wildman–Crippen LogP) is 3.77. The fraction of sp³-hybridized carbons (Fsp3) is 0.333. The smallest absolute Gasteiger partial charge is 0.0499 e. The number of hydrogen-bond acceptors (Lipinski definition) is 2. The molecule has 2 aromatic rings. The molecular weight excluding hydrogens is 228 g/mol. The van der Waals surface area contributed by atoms with Gasteiger partial charge in [-0.3, -0.25) is 0 Å². The summed E-state index contributed by atoms with van der Waals surface area (Å²) in [6.45, 7) is 2.34. The van der Waals surface area contributed by atoms with E-state index in [2.05, 4.69) is 41.9 Å². The lowest BCUT2D eigenvalue weighted by Crippen LogP contribution is -2.07. The van der Waals surface area contributed by atoms with Crippen LogP contribution in [0.5, 0.6) is 0 Å². The second-order valence-electron chi connectivity index (χ2n) is 4.41. The van der Waals surface area contributed by atoms with Gasteiger partial charge in [-0.1, -0.05) is 24.3 Å². The first-order chi connectivity index (χ1) is 8.31. The Kier molecular flexibility index (Phi) is 4.35. The Morgan fingerprint density at radius 1 is 1.24 bits per heavy atom. The molecule has 0 spiro atoms. The highest BCUT2D eigenvalue weighted by Gasteiger charge is 2.12. The quantitative estimate of drug-likeness (QED) is 0.851. The second-order valence-corrected chi connectivity index (χ2v) is 5.19. The fourth-order valence-electron chi connectivity index (χ4n) is 2.17. The van der Waals surface area contributed by atoms with Gasteiger partial charge in [0.05, 0.1) is 0 Å². The fourth-order valence-corrected chi connectivity index (χ4v) is 2.87. The van der Waals surface area contributed by atoms with Crippen LogP contribution in [0.3, 0.4) is 0 Å². The van der Waals surface area contributed by atoms with E-state index in [-0.39, 0.29) is 12.5 Å². The minimum absolute atomic E-state index is 0.231. The molecule has 0 saturated carbocycles. The largest absolute Gasteiger partial charge is 0.396 e. The van der Waals surface area contributed by atoms with Crippen LogP contribution in [0, 0.1) is 6.92 Å². The predicted molar refractivity (Wildman–Crippen MR) is 73.6 cm³/mol. The maximum atomic E-state index is 9.54. The normalized spacial score (nSPS) is 12.6. The third-order valence-corrected chi connectivity index (χ3v) is 3.94. The van der Waals surface area contributed by atoms with Crippen molar-refractivity contribution in [2.24, 2.45) is 0 Å². The summed E-state index contributed by atoms with van der Waals surface area (Å²) in [5.41, 5.74) is 3.93. The average molecular weight is 246 g/mol. The van der Waals surface area contributed by atoms with Crippen molar-refractivity contribution in [3.8, 4) is 0 Å². The molecule has 1 aromatic heterocycles. The van der Waals surface area contributed by atoms with Crippen molar-refractivity contribution in [2.45, 2.75) is 25.7 Å². The first kappa shape index (κ1) is 12.3. The first-order valence-corrected chi connectivity index (χ1v) is 6.93. The van der Waals surface area contributed by atoms with Crippen molar-refractivity contribution in [3.63, 3.8) is 0 Å². The molecule has 0 radical (unpaired) electrons. The van der Waals surface area contributed by atoms with Gasteiger partial charge in [-0.05, 0) is 53.3 Å². The van der Waals surface area contributed by atoms with Gasteiger partial charge in [0.2, 0.25) is 0 Å². The SMILES string of the molecule is Cc1ccccc1C(CO)CCc1ccsc1. The molecule has 1 unspecified atom stereocenters. The molecule has 17 heavy (non-hydrogen) atoms. The van der Waals surface area contributed by atoms with Crippen LogP contribution in [0.15, 0.2) is 41.1 Å². The van der Waals surface area contributed by atoms with E-state index in [9.17, 15) is 5.11 Å². The van der Waals surface area contributed by atoms with E-state index in [4.69, 9.17) is 0 Å². The third kappa shape index (κ3) is 3.18. The van der Waals surface area contributed by atoms with E-state index in [1.165, 1.54) is 16.7 Å². The van der Waals surface area contributed by atoms with Crippen LogP contribution in [-0.2, 0) is 6.42 Å². The van der Waals surface area contributed by atoms with Gasteiger partial charge in [0, 0.05) is 12.5 Å². The van der Waals surface area contributed by atoms with Crippen molar-refractivity contribution in [1.29, 1.82) is 0 Å². The summed E-state index contributed by atoms with van der Waals surface area (Å²) in [4.78, 5) is 0.